The minimum absolute atomic E-state index is 0.0537. The van der Waals surface area contributed by atoms with Crippen molar-refractivity contribution in [1.82, 2.24) is 9.55 Å². The predicted molar refractivity (Wildman–Crippen MR) is 138 cm³/mol. The number of anilines is 1. The van der Waals surface area contributed by atoms with Crippen LogP contribution in [0, 0.1) is 20.8 Å². The highest BCUT2D eigenvalue weighted by molar-refractivity contribution is 5.97. The number of para-hydroxylation sites is 3. The topological polar surface area (TPSA) is 67.6 Å². The summed E-state index contributed by atoms with van der Waals surface area (Å²) in [5.74, 6) is 1.66. The summed E-state index contributed by atoms with van der Waals surface area (Å²) in [5.41, 5.74) is 6.07. The van der Waals surface area contributed by atoms with Crippen LogP contribution in [0.5, 0.6) is 5.75 Å². The molecule has 0 aliphatic carbocycles. The molecule has 0 saturated carbocycles. The van der Waals surface area contributed by atoms with Gasteiger partial charge in [-0.15, -0.1) is 0 Å². The van der Waals surface area contributed by atoms with Crippen LogP contribution in [0.15, 0.2) is 66.7 Å². The monoisotopic (exact) mass is 469 g/mol. The molecule has 1 aliphatic rings. The van der Waals surface area contributed by atoms with Gasteiger partial charge in [0.2, 0.25) is 5.91 Å². The molecule has 1 aliphatic heterocycles. The van der Waals surface area contributed by atoms with Gasteiger partial charge < -0.3 is 19.3 Å². The van der Waals surface area contributed by atoms with Crippen molar-refractivity contribution in [3.63, 3.8) is 0 Å². The molecule has 1 N–H and O–H groups in total. The second kappa shape index (κ2) is 9.55. The third kappa shape index (κ3) is 4.66. The van der Waals surface area contributed by atoms with Gasteiger partial charge in [-0.2, -0.15) is 0 Å². The molecule has 2 heterocycles. The molecule has 1 saturated heterocycles. The third-order valence-corrected chi connectivity index (χ3v) is 6.74. The first kappa shape index (κ1) is 23.1. The molecule has 0 radical (unpaired) electrons. The van der Waals surface area contributed by atoms with Gasteiger partial charge in [-0.1, -0.05) is 48.0 Å². The van der Waals surface area contributed by atoms with Crippen molar-refractivity contribution in [3.05, 3.63) is 89.2 Å². The Bertz CT molecular complexity index is 1380. The molecule has 0 spiro atoms. The summed E-state index contributed by atoms with van der Waals surface area (Å²) in [5, 5.41) is 10.9. The molecular weight excluding hydrogens is 438 g/mol. The van der Waals surface area contributed by atoms with Crippen molar-refractivity contribution in [2.24, 2.45) is 0 Å². The Morgan fingerprint density at radius 3 is 2.60 bits per heavy atom. The average molecular weight is 470 g/mol. The Balaban J connectivity index is 1.39. The first-order valence-electron chi connectivity index (χ1n) is 12.1. The summed E-state index contributed by atoms with van der Waals surface area (Å²) in [6.45, 7) is 7.17. The number of rotatable bonds is 7. The van der Waals surface area contributed by atoms with E-state index in [4.69, 9.17) is 9.72 Å². The Morgan fingerprint density at radius 1 is 1.03 bits per heavy atom. The molecule has 6 heteroatoms. The van der Waals surface area contributed by atoms with Crippen LogP contribution in [0.1, 0.15) is 34.9 Å². The van der Waals surface area contributed by atoms with Crippen LogP contribution in [0.25, 0.3) is 11.0 Å². The second-order valence-corrected chi connectivity index (χ2v) is 9.49. The van der Waals surface area contributed by atoms with Gasteiger partial charge in [0.1, 0.15) is 24.3 Å². The quantitative estimate of drug-likeness (QED) is 0.417. The number of carbonyl (C=O) groups is 1. The van der Waals surface area contributed by atoms with Gasteiger partial charge in [-0.05, 0) is 56.2 Å². The van der Waals surface area contributed by atoms with Gasteiger partial charge >= 0.3 is 0 Å². The number of nitrogens with zero attached hydrogens (tertiary/aromatic N) is 3. The zero-order chi connectivity index (χ0) is 24.5. The van der Waals surface area contributed by atoms with Crippen LogP contribution in [-0.2, 0) is 11.3 Å². The van der Waals surface area contributed by atoms with Crippen molar-refractivity contribution in [3.8, 4) is 5.75 Å². The largest absolute Gasteiger partial charge is 0.491 e. The summed E-state index contributed by atoms with van der Waals surface area (Å²) in [6, 6.07) is 21.9. The Hall–Kier alpha value is -3.64. The molecule has 6 nitrogen and oxygen atoms in total. The normalized spacial score (nSPS) is 16.7. The number of benzene rings is 3. The minimum atomic E-state index is -0.725. The molecule has 1 fully saturated rings. The fourth-order valence-corrected chi connectivity index (χ4v) is 4.99. The van der Waals surface area contributed by atoms with Crippen molar-refractivity contribution in [2.75, 3.05) is 18.1 Å². The van der Waals surface area contributed by atoms with Crippen molar-refractivity contribution >= 4 is 22.6 Å². The molecule has 35 heavy (non-hydrogen) atoms. The van der Waals surface area contributed by atoms with Crippen LogP contribution in [0.4, 0.5) is 5.69 Å². The molecule has 3 aromatic carbocycles. The van der Waals surface area contributed by atoms with Crippen molar-refractivity contribution < 1.29 is 14.6 Å². The minimum Gasteiger partial charge on any atom is -0.491 e. The van der Waals surface area contributed by atoms with Gasteiger partial charge in [0.05, 0.1) is 17.6 Å². The number of aliphatic hydroxyl groups excluding tert-OH is 1. The number of amides is 1. The van der Waals surface area contributed by atoms with Crippen molar-refractivity contribution in [1.29, 1.82) is 0 Å². The van der Waals surface area contributed by atoms with Crippen LogP contribution in [-0.4, -0.2) is 39.8 Å². The number of hydrogen-bond donors (Lipinski definition) is 1. The van der Waals surface area contributed by atoms with E-state index in [0.717, 1.165) is 39.4 Å². The fraction of sp³-hybridized carbons (Fsp3) is 0.310. The molecule has 1 aromatic heterocycles. The molecular formula is C29H31N3O3. The molecule has 4 aromatic rings. The highest BCUT2D eigenvalue weighted by atomic mass is 16.5. The average Bonchev–Trinajstić information content (AvgIpc) is 3.39. The molecule has 180 valence electrons. The number of hydrogen-bond acceptors (Lipinski definition) is 4. The maximum absolute atomic E-state index is 13.0. The van der Waals surface area contributed by atoms with Gasteiger partial charge in [0, 0.05) is 24.6 Å². The maximum Gasteiger partial charge on any atom is 0.227 e. The van der Waals surface area contributed by atoms with Gasteiger partial charge in [0.25, 0.3) is 0 Å². The summed E-state index contributed by atoms with van der Waals surface area (Å²) < 4.78 is 8.00. The SMILES string of the molecule is Cc1ccc(OC[C@@H](O)Cn2c([C@@H]3CC(=O)N(c4ccccc4C)C3)nc3ccccc32)c(C)c1. The lowest BCUT2D eigenvalue weighted by atomic mass is 10.1. The zero-order valence-corrected chi connectivity index (χ0v) is 20.4. The van der Waals surface area contributed by atoms with Crippen LogP contribution in [0.2, 0.25) is 0 Å². The van der Waals surface area contributed by atoms with E-state index in [1.807, 2.05) is 86.3 Å². The Labute approximate surface area is 205 Å². The second-order valence-electron chi connectivity index (χ2n) is 9.49. The Morgan fingerprint density at radius 2 is 1.80 bits per heavy atom. The number of ether oxygens (including phenoxy) is 1. The standard InChI is InChI=1S/C29H31N3O3/c1-19-12-13-27(21(3)14-19)35-18-23(33)17-32-26-11-7-5-9-24(26)30-29(32)22-15-28(34)31(16-22)25-10-6-4-8-20(25)2/h4-14,22-23,33H,15-18H2,1-3H3/t22-,23+/m1/s1. The number of aromatic nitrogens is 2. The van der Waals surface area contributed by atoms with E-state index in [1.165, 1.54) is 5.56 Å². The number of imidazole rings is 1. The number of aryl methyl sites for hydroxylation is 3. The molecule has 0 unspecified atom stereocenters. The lowest BCUT2D eigenvalue weighted by Crippen LogP contribution is -2.27. The van der Waals surface area contributed by atoms with E-state index in [1.54, 1.807) is 0 Å². The smallest absolute Gasteiger partial charge is 0.227 e. The van der Waals surface area contributed by atoms with Crippen LogP contribution < -0.4 is 9.64 Å². The third-order valence-electron chi connectivity index (χ3n) is 6.74. The number of carbonyl (C=O) groups excluding carboxylic acids is 1. The van der Waals surface area contributed by atoms with Crippen LogP contribution >= 0.6 is 0 Å². The maximum atomic E-state index is 13.0. The fourth-order valence-electron chi connectivity index (χ4n) is 4.99. The lowest BCUT2D eigenvalue weighted by Gasteiger charge is -2.20. The molecule has 5 rings (SSSR count). The van der Waals surface area contributed by atoms with Crippen molar-refractivity contribution in [2.45, 2.75) is 45.8 Å². The van der Waals surface area contributed by atoms with Gasteiger partial charge in [-0.25, -0.2) is 4.98 Å². The zero-order valence-electron chi connectivity index (χ0n) is 20.4. The number of aliphatic hydroxyl groups is 1. The van der Waals surface area contributed by atoms with E-state index < -0.39 is 6.10 Å². The predicted octanol–water partition coefficient (Wildman–Crippen LogP) is 4.92. The van der Waals surface area contributed by atoms with Gasteiger partial charge in [0.15, 0.2) is 0 Å². The highest BCUT2D eigenvalue weighted by Crippen LogP contribution is 2.34. The number of fused-ring (bicyclic) bond motifs is 1. The van der Waals surface area contributed by atoms with Crippen LogP contribution in [0.3, 0.4) is 0 Å². The van der Waals surface area contributed by atoms with Gasteiger partial charge in [-0.3, -0.25) is 4.79 Å². The van der Waals surface area contributed by atoms with E-state index in [2.05, 4.69) is 10.6 Å². The molecule has 2 atom stereocenters. The summed E-state index contributed by atoms with van der Waals surface area (Å²) in [4.78, 5) is 19.8. The van der Waals surface area contributed by atoms with E-state index in [9.17, 15) is 9.90 Å². The Kier molecular flexibility index (Phi) is 6.31. The first-order valence-corrected chi connectivity index (χ1v) is 12.1. The summed E-state index contributed by atoms with van der Waals surface area (Å²) in [6.07, 6.45) is -0.330. The summed E-state index contributed by atoms with van der Waals surface area (Å²) in [7, 11) is 0. The summed E-state index contributed by atoms with van der Waals surface area (Å²) >= 11 is 0. The lowest BCUT2D eigenvalue weighted by molar-refractivity contribution is -0.117. The first-order chi connectivity index (χ1) is 16.9. The van der Waals surface area contributed by atoms with E-state index >= 15 is 0 Å². The molecule has 0 bridgehead atoms. The highest BCUT2D eigenvalue weighted by Gasteiger charge is 2.35. The van der Waals surface area contributed by atoms with E-state index in [0.29, 0.717) is 19.5 Å². The van der Waals surface area contributed by atoms with E-state index in [-0.39, 0.29) is 18.4 Å². The molecule has 1 amide bonds.